The summed E-state index contributed by atoms with van der Waals surface area (Å²) in [5.41, 5.74) is 5.41. The molecule has 0 saturated carbocycles. The van der Waals surface area contributed by atoms with Crippen LogP contribution in [0.2, 0.25) is 0 Å². The monoisotopic (exact) mass is 1240 g/mol. The average Bonchev–Trinajstić information content (AvgIpc) is 3.65. The minimum absolute atomic E-state index is 0.0536. The zero-order valence-electron chi connectivity index (χ0n) is 57.0. The van der Waals surface area contributed by atoms with Gasteiger partial charge in [-0.15, -0.1) is 0 Å². The quantitative estimate of drug-likeness (QED) is 0.0264. The summed E-state index contributed by atoms with van der Waals surface area (Å²) < 4.78 is 33.2. The van der Waals surface area contributed by atoms with Gasteiger partial charge < -0.3 is 20.1 Å². The lowest BCUT2D eigenvalue weighted by Gasteiger charge is -2.19. The molecule has 2 atom stereocenters. The van der Waals surface area contributed by atoms with Crippen molar-refractivity contribution in [3.05, 3.63) is 85.1 Å². The second-order valence-electron chi connectivity index (χ2n) is 24.8. The molecule has 0 saturated heterocycles. The number of esters is 2. The molecule has 0 fully saturated rings. The van der Waals surface area contributed by atoms with Crippen molar-refractivity contribution in [2.24, 2.45) is 5.73 Å². The van der Waals surface area contributed by atoms with Gasteiger partial charge in [-0.2, -0.15) is 0 Å². The first kappa shape index (κ1) is 84.2. The maximum atomic E-state index is 12.8. The Balaban J connectivity index is 3.78. The number of rotatable bonds is 70. The van der Waals surface area contributed by atoms with E-state index in [1.807, 2.05) is 0 Å². The molecule has 3 N–H and O–H groups in total. The van der Waals surface area contributed by atoms with Crippen LogP contribution in [0.1, 0.15) is 361 Å². The number of allylic oxidation sites excluding steroid dienone is 14. The number of phosphoric acid groups is 1. The van der Waals surface area contributed by atoms with Crippen molar-refractivity contribution >= 4 is 19.8 Å². The van der Waals surface area contributed by atoms with Gasteiger partial charge in [-0.3, -0.25) is 18.6 Å². The number of carbonyl (C=O) groups is 2. The van der Waals surface area contributed by atoms with E-state index in [1.165, 1.54) is 257 Å². The molecule has 0 spiro atoms. The van der Waals surface area contributed by atoms with Crippen LogP contribution in [0.15, 0.2) is 85.1 Å². The van der Waals surface area contributed by atoms with Gasteiger partial charge in [0.05, 0.1) is 13.2 Å². The van der Waals surface area contributed by atoms with Crippen LogP contribution in [0.5, 0.6) is 0 Å². The molecule has 0 aromatic rings. The zero-order chi connectivity index (χ0) is 63.0. The summed E-state index contributed by atoms with van der Waals surface area (Å²) in [4.78, 5) is 35.4. The predicted octanol–water partition coefficient (Wildman–Crippen LogP) is 24.5. The van der Waals surface area contributed by atoms with Crippen LogP contribution in [0.4, 0.5) is 0 Å². The van der Waals surface area contributed by atoms with Crippen molar-refractivity contribution in [2.75, 3.05) is 26.4 Å². The first-order valence-corrected chi connectivity index (χ1v) is 38.6. The Bertz CT molecular complexity index is 1700. The number of hydrogen-bond donors (Lipinski definition) is 2. The normalized spacial score (nSPS) is 13.4. The van der Waals surface area contributed by atoms with Crippen molar-refractivity contribution in [3.63, 3.8) is 0 Å². The number of carbonyl (C=O) groups excluding carboxylic acids is 2. The fourth-order valence-corrected chi connectivity index (χ4v) is 11.6. The van der Waals surface area contributed by atoms with Gasteiger partial charge in [-0.1, -0.05) is 343 Å². The molecule has 0 rings (SSSR count). The standard InChI is InChI=1S/C77H140NO8P/c1-3-5-7-9-11-13-15-17-19-21-23-25-27-29-30-31-32-33-34-35-36-37-38-39-40-41-42-43-44-46-48-50-52-54-56-58-60-62-64-66-68-70-77(80)86-75(74-85-87(81,82)84-72-71-78)73-83-76(79)69-67-65-63-61-59-57-55-53-51-49-47-45-28-26-24-22-20-18-16-14-12-10-8-6-4-2/h5,7,11,13,16-19,22-25,29-30,75H,3-4,6,8-10,12,14-15,20-21,26-28,31-74,78H2,1-2H3,(H,81,82)/b7-5-,13-11-,18-16-,19-17-,24-22-,25-23-,30-29-. The molecule has 506 valence electrons. The van der Waals surface area contributed by atoms with Crippen molar-refractivity contribution in [1.82, 2.24) is 0 Å². The molecule has 10 heteroatoms. The highest BCUT2D eigenvalue weighted by molar-refractivity contribution is 7.47. The van der Waals surface area contributed by atoms with E-state index in [0.29, 0.717) is 6.42 Å². The first-order chi connectivity index (χ1) is 42.8. The van der Waals surface area contributed by atoms with Crippen molar-refractivity contribution < 1.29 is 37.6 Å². The average molecular weight is 1240 g/mol. The molecular formula is C77H140NO8P. The van der Waals surface area contributed by atoms with E-state index in [9.17, 15) is 19.0 Å². The first-order valence-electron chi connectivity index (χ1n) is 37.1. The highest BCUT2D eigenvalue weighted by Crippen LogP contribution is 2.43. The summed E-state index contributed by atoms with van der Waals surface area (Å²) in [7, 11) is -4.39. The molecule has 0 amide bonds. The third-order valence-electron chi connectivity index (χ3n) is 16.3. The van der Waals surface area contributed by atoms with E-state index in [2.05, 4.69) is 98.9 Å². The summed E-state index contributed by atoms with van der Waals surface area (Å²) in [6.45, 7) is 3.67. The van der Waals surface area contributed by atoms with Crippen LogP contribution in [0.3, 0.4) is 0 Å². The third-order valence-corrected chi connectivity index (χ3v) is 17.2. The second-order valence-corrected chi connectivity index (χ2v) is 26.2. The highest BCUT2D eigenvalue weighted by atomic mass is 31.2. The Morgan fingerprint density at radius 1 is 0.356 bits per heavy atom. The molecule has 9 nitrogen and oxygen atoms in total. The van der Waals surface area contributed by atoms with E-state index < -0.39 is 26.5 Å². The van der Waals surface area contributed by atoms with E-state index in [4.69, 9.17) is 24.3 Å². The van der Waals surface area contributed by atoms with Crippen molar-refractivity contribution in [2.45, 2.75) is 367 Å². The fraction of sp³-hybridized carbons (Fsp3) is 0.792. The molecule has 0 heterocycles. The van der Waals surface area contributed by atoms with E-state index in [1.54, 1.807) is 0 Å². The summed E-state index contributed by atoms with van der Waals surface area (Å²) in [6.07, 6.45) is 97.0. The maximum absolute atomic E-state index is 12.8. The van der Waals surface area contributed by atoms with Crippen LogP contribution in [0, 0.1) is 0 Å². The molecule has 0 aliphatic carbocycles. The summed E-state index contributed by atoms with van der Waals surface area (Å²) in [5.74, 6) is -0.812. The number of ether oxygens (including phenoxy) is 2. The summed E-state index contributed by atoms with van der Waals surface area (Å²) in [5, 5.41) is 0. The lowest BCUT2D eigenvalue weighted by molar-refractivity contribution is -0.161. The number of nitrogens with two attached hydrogens (primary N) is 1. The number of phosphoric ester groups is 1. The van der Waals surface area contributed by atoms with Gasteiger partial charge in [-0.25, -0.2) is 4.57 Å². The minimum atomic E-state index is -4.39. The van der Waals surface area contributed by atoms with Gasteiger partial charge in [-0.05, 0) is 89.9 Å². The molecule has 0 aliphatic rings. The van der Waals surface area contributed by atoms with Crippen LogP contribution >= 0.6 is 7.82 Å². The van der Waals surface area contributed by atoms with E-state index >= 15 is 0 Å². The molecule has 0 aromatic heterocycles. The van der Waals surface area contributed by atoms with E-state index in [0.717, 1.165) is 70.6 Å². The van der Waals surface area contributed by atoms with Crippen LogP contribution in [0.25, 0.3) is 0 Å². The molecular weight excluding hydrogens is 1100 g/mol. The Morgan fingerprint density at radius 3 is 0.943 bits per heavy atom. The Hall–Kier alpha value is -2.81. The van der Waals surface area contributed by atoms with Gasteiger partial charge >= 0.3 is 19.8 Å². The SMILES string of the molecule is CC/C=C\C/C=C\C/C=C\C/C=C\C/C=C\CCCCCCCCCCCCCCCCCCCCCCCCCCCC(=O)OC(COC(=O)CCCCCCCCCCCCCCC/C=C\C/C=C\CCCCCCC)COP(=O)(O)OCCN. The topological polar surface area (TPSA) is 134 Å². The Kier molecular flexibility index (Phi) is 69.9. The van der Waals surface area contributed by atoms with Gasteiger partial charge in [0, 0.05) is 19.4 Å². The lowest BCUT2D eigenvalue weighted by Crippen LogP contribution is -2.29. The van der Waals surface area contributed by atoms with Gasteiger partial charge in [0.25, 0.3) is 0 Å². The molecule has 87 heavy (non-hydrogen) atoms. The van der Waals surface area contributed by atoms with Crippen molar-refractivity contribution in [1.29, 1.82) is 0 Å². The molecule has 0 aromatic carbocycles. The highest BCUT2D eigenvalue weighted by Gasteiger charge is 2.26. The zero-order valence-corrected chi connectivity index (χ0v) is 57.9. The molecule has 2 unspecified atom stereocenters. The van der Waals surface area contributed by atoms with Crippen LogP contribution in [-0.2, 0) is 32.7 Å². The minimum Gasteiger partial charge on any atom is -0.462 e. The van der Waals surface area contributed by atoms with Gasteiger partial charge in [0.2, 0.25) is 0 Å². The lowest BCUT2D eigenvalue weighted by atomic mass is 10.0. The van der Waals surface area contributed by atoms with Crippen LogP contribution in [-0.4, -0.2) is 49.3 Å². The third kappa shape index (κ3) is 72.1. The number of unbranched alkanes of at least 4 members (excludes halogenated alkanes) is 43. The Morgan fingerprint density at radius 2 is 0.632 bits per heavy atom. The molecule has 0 aliphatic heterocycles. The van der Waals surface area contributed by atoms with Gasteiger partial charge in [0.1, 0.15) is 6.61 Å². The van der Waals surface area contributed by atoms with Crippen molar-refractivity contribution in [3.8, 4) is 0 Å². The summed E-state index contributed by atoms with van der Waals surface area (Å²) in [6, 6.07) is 0. The van der Waals surface area contributed by atoms with Gasteiger partial charge in [0.15, 0.2) is 6.10 Å². The Labute approximate surface area is 538 Å². The summed E-state index contributed by atoms with van der Waals surface area (Å²) >= 11 is 0. The largest absolute Gasteiger partial charge is 0.472 e. The maximum Gasteiger partial charge on any atom is 0.472 e. The van der Waals surface area contributed by atoms with E-state index in [-0.39, 0.29) is 38.6 Å². The smallest absolute Gasteiger partial charge is 0.462 e. The molecule has 0 bridgehead atoms. The second kappa shape index (κ2) is 72.3. The molecule has 0 radical (unpaired) electrons. The number of hydrogen-bond acceptors (Lipinski definition) is 8. The van der Waals surface area contributed by atoms with Crippen LogP contribution < -0.4 is 5.73 Å². The fourth-order valence-electron chi connectivity index (χ4n) is 10.8. The predicted molar refractivity (Wildman–Crippen MR) is 376 cm³/mol.